The molecule has 2 aliphatic heterocycles. The molecule has 11 aromatic rings. The lowest BCUT2D eigenvalue weighted by Gasteiger charge is -2.40. The number of hydrogen-bond acceptors (Lipinski definition) is 3. The van der Waals surface area contributed by atoms with Gasteiger partial charge in [0, 0.05) is 37.9 Å². The van der Waals surface area contributed by atoms with Gasteiger partial charge in [0.2, 0.25) is 0 Å². The fourth-order valence-corrected chi connectivity index (χ4v) is 13.9. The normalized spacial score (nSPS) is 14.4. The van der Waals surface area contributed by atoms with Crippen LogP contribution < -0.4 is 9.64 Å². The van der Waals surface area contributed by atoms with Gasteiger partial charge in [-0.2, -0.15) is 0 Å². The summed E-state index contributed by atoms with van der Waals surface area (Å²) in [6.07, 6.45) is 0. The van der Waals surface area contributed by atoms with Crippen LogP contribution in [0.25, 0.3) is 44.2 Å². The molecule has 2 nitrogen and oxygen atoms in total. The molecule has 4 aliphatic rings. The van der Waals surface area contributed by atoms with Gasteiger partial charge in [0.15, 0.2) is 0 Å². The third-order valence-electron chi connectivity index (χ3n) is 15.4. The van der Waals surface area contributed by atoms with Crippen molar-refractivity contribution in [3.8, 4) is 44.9 Å². The molecule has 0 amide bonds. The minimum Gasteiger partial charge on any atom is -0.457 e. The zero-order chi connectivity index (χ0) is 45.3. The van der Waals surface area contributed by atoms with Crippen molar-refractivity contribution in [1.29, 1.82) is 0 Å². The topological polar surface area (TPSA) is 12.5 Å². The van der Waals surface area contributed by atoms with Gasteiger partial charge in [-0.15, -0.1) is 0 Å². The summed E-state index contributed by atoms with van der Waals surface area (Å²) in [5.74, 6) is 1.78. The van der Waals surface area contributed by atoms with Crippen molar-refractivity contribution < 1.29 is 4.74 Å². The van der Waals surface area contributed by atoms with Crippen LogP contribution in [0.2, 0.25) is 0 Å². The maximum Gasteiger partial charge on any atom is 0.132 e. The van der Waals surface area contributed by atoms with E-state index in [9.17, 15) is 0 Å². The van der Waals surface area contributed by atoms with Crippen LogP contribution in [0.5, 0.6) is 11.5 Å². The Morgan fingerprint density at radius 3 is 1.55 bits per heavy atom. The Bertz CT molecular complexity index is 3850. The van der Waals surface area contributed by atoms with Gasteiger partial charge in [0.05, 0.1) is 16.5 Å². The van der Waals surface area contributed by atoms with Gasteiger partial charge in [-0.05, 0) is 133 Å². The first kappa shape index (κ1) is 38.7. The van der Waals surface area contributed by atoms with Crippen LogP contribution >= 0.6 is 11.8 Å². The molecule has 15 rings (SSSR count). The van der Waals surface area contributed by atoms with Crippen LogP contribution in [-0.4, -0.2) is 0 Å². The van der Waals surface area contributed by atoms with Crippen LogP contribution in [0, 0.1) is 0 Å². The lowest BCUT2D eigenvalue weighted by atomic mass is 9.66. The van der Waals surface area contributed by atoms with Gasteiger partial charge in [-0.25, -0.2) is 0 Å². The summed E-state index contributed by atoms with van der Waals surface area (Å²) in [4.78, 5) is 5.14. The molecular formula is C66H41NOS. The van der Waals surface area contributed by atoms with Crippen molar-refractivity contribution in [2.24, 2.45) is 0 Å². The van der Waals surface area contributed by atoms with Crippen LogP contribution in [0.3, 0.4) is 0 Å². The Hall–Kier alpha value is -8.37. The van der Waals surface area contributed by atoms with E-state index >= 15 is 0 Å². The summed E-state index contributed by atoms with van der Waals surface area (Å²) in [5, 5.41) is 2.39. The first-order valence-corrected chi connectivity index (χ1v) is 24.6. The average Bonchev–Trinajstić information content (AvgIpc) is 3.87. The molecule has 2 heterocycles. The Morgan fingerprint density at radius 2 is 0.826 bits per heavy atom. The quantitative estimate of drug-likeness (QED) is 0.175. The summed E-state index contributed by atoms with van der Waals surface area (Å²) in [7, 11) is 0. The lowest BCUT2D eigenvalue weighted by Crippen LogP contribution is -2.32. The molecule has 69 heavy (non-hydrogen) atoms. The van der Waals surface area contributed by atoms with E-state index in [0.29, 0.717) is 0 Å². The smallest absolute Gasteiger partial charge is 0.132 e. The van der Waals surface area contributed by atoms with Crippen molar-refractivity contribution in [3.05, 3.63) is 293 Å². The third-order valence-corrected chi connectivity index (χ3v) is 16.5. The van der Waals surface area contributed by atoms with E-state index in [0.717, 1.165) is 39.7 Å². The van der Waals surface area contributed by atoms with Crippen LogP contribution in [0.4, 0.5) is 17.1 Å². The highest BCUT2D eigenvalue weighted by Gasteiger charge is 2.53. The highest BCUT2D eigenvalue weighted by atomic mass is 32.2. The standard InChI is InChI=1S/C66H41NOS/c1-2-17-42(18-3-1)43-33-34-45-40-46(36-35-44(45)39-43)67(47-37-38-49-48-19-4-6-21-51(48)65(58(49)41-47)53-23-8-12-29-60(53)68-61-30-13-9-24-54(61)65)59-28-16-27-57-64(59)50-20-5-7-22-52(50)66(57)55-25-10-14-31-62(55)69-63-32-15-11-26-56(63)66/h1-41H. The van der Waals surface area contributed by atoms with Gasteiger partial charge in [0.1, 0.15) is 11.5 Å². The maximum atomic E-state index is 6.76. The Balaban J connectivity index is 1.03. The first-order valence-electron chi connectivity index (χ1n) is 23.8. The zero-order valence-corrected chi connectivity index (χ0v) is 38.3. The Kier molecular flexibility index (Phi) is 8.17. The van der Waals surface area contributed by atoms with E-state index in [1.54, 1.807) is 0 Å². The van der Waals surface area contributed by atoms with Crippen LogP contribution in [0.15, 0.2) is 259 Å². The predicted molar refractivity (Wildman–Crippen MR) is 283 cm³/mol. The summed E-state index contributed by atoms with van der Waals surface area (Å²) in [6.45, 7) is 0. The molecule has 2 aliphatic carbocycles. The summed E-state index contributed by atoms with van der Waals surface area (Å²) in [6, 6.07) is 92.5. The Morgan fingerprint density at radius 1 is 0.319 bits per heavy atom. The molecule has 0 saturated carbocycles. The number of nitrogens with zero attached hydrogens (tertiary/aromatic N) is 1. The average molecular weight is 896 g/mol. The van der Waals surface area contributed by atoms with Gasteiger partial charge in [-0.1, -0.05) is 200 Å². The zero-order valence-electron chi connectivity index (χ0n) is 37.4. The molecule has 0 bridgehead atoms. The maximum absolute atomic E-state index is 6.76. The molecular weight excluding hydrogens is 855 g/mol. The van der Waals surface area contributed by atoms with Gasteiger partial charge in [0.25, 0.3) is 0 Å². The third kappa shape index (κ3) is 5.23. The van der Waals surface area contributed by atoms with Crippen molar-refractivity contribution in [3.63, 3.8) is 0 Å². The second-order valence-corrected chi connectivity index (χ2v) is 19.7. The molecule has 0 fully saturated rings. The van der Waals surface area contributed by atoms with E-state index in [1.165, 1.54) is 87.3 Å². The van der Waals surface area contributed by atoms with Gasteiger partial charge < -0.3 is 9.64 Å². The number of para-hydroxylation sites is 2. The van der Waals surface area contributed by atoms with Crippen molar-refractivity contribution in [2.45, 2.75) is 20.6 Å². The number of ether oxygens (including phenoxy) is 1. The summed E-state index contributed by atoms with van der Waals surface area (Å²) >= 11 is 1.89. The van der Waals surface area contributed by atoms with Gasteiger partial charge >= 0.3 is 0 Å². The largest absolute Gasteiger partial charge is 0.457 e. The summed E-state index contributed by atoms with van der Waals surface area (Å²) < 4.78 is 6.76. The number of fused-ring (bicyclic) bond motifs is 19. The molecule has 0 atom stereocenters. The highest BCUT2D eigenvalue weighted by Crippen LogP contribution is 2.66. The molecule has 0 unspecified atom stereocenters. The molecule has 0 N–H and O–H groups in total. The van der Waals surface area contributed by atoms with E-state index < -0.39 is 10.8 Å². The number of hydrogen-bond donors (Lipinski definition) is 0. The number of benzene rings is 11. The number of anilines is 3. The highest BCUT2D eigenvalue weighted by molar-refractivity contribution is 7.99. The van der Waals surface area contributed by atoms with Crippen molar-refractivity contribution in [1.82, 2.24) is 0 Å². The monoisotopic (exact) mass is 895 g/mol. The molecule has 0 aromatic heterocycles. The first-order chi connectivity index (χ1) is 34.2. The minimum atomic E-state index is -0.612. The van der Waals surface area contributed by atoms with Gasteiger partial charge in [-0.3, -0.25) is 0 Å². The molecule has 0 radical (unpaired) electrons. The second-order valence-electron chi connectivity index (χ2n) is 18.7. The minimum absolute atomic E-state index is 0.511. The lowest BCUT2D eigenvalue weighted by molar-refractivity contribution is 0.436. The van der Waals surface area contributed by atoms with Crippen LogP contribution in [0.1, 0.15) is 44.5 Å². The van der Waals surface area contributed by atoms with Crippen LogP contribution in [-0.2, 0) is 10.8 Å². The van der Waals surface area contributed by atoms with Crippen molar-refractivity contribution in [2.75, 3.05) is 4.90 Å². The van der Waals surface area contributed by atoms with Crippen molar-refractivity contribution >= 4 is 39.6 Å². The summed E-state index contributed by atoms with van der Waals surface area (Å²) in [5.41, 5.74) is 19.8. The molecule has 2 spiro atoms. The van der Waals surface area contributed by atoms with E-state index in [4.69, 9.17) is 4.74 Å². The molecule has 0 saturated heterocycles. The fraction of sp³-hybridized carbons (Fsp3) is 0.0303. The molecule has 3 heteroatoms. The Labute approximate surface area is 405 Å². The predicted octanol–water partition coefficient (Wildman–Crippen LogP) is 17.3. The molecule has 11 aromatic carbocycles. The van der Waals surface area contributed by atoms with E-state index in [2.05, 4.69) is 254 Å². The van der Waals surface area contributed by atoms with E-state index in [1.807, 2.05) is 11.8 Å². The molecule has 322 valence electrons. The fourth-order valence-electron chi connectivity index (χ4n) is 12.7. The van der Waals surface area contributed by atoms with E-state index in [-0.39, 0.29) is 0 Å². The second kappa shape index (κ2) is 14.6. The SMILES string of the molecule is c1ccc(-c2ccc3cc(N(c4ccc5c(c4)C4(c6ccccc6Oc6ccccc64)c4ccccc4-5)c4cccc5c4-c4ccccc4C54c5ccccc5Sc5ccccc54)ccc3c2)cc1. The number of rotatable bonds is 4.